The van der Waals surface area contributed by atoms with Gasteiger partial charge < -0.3 is 0 Å². The van der Waals surface area contributed by atoms with Crippen LogP contribution in [0.2, 0.25) is 0 Å². The molecule has 110 valence electrons. The molecule has 0 bridgehead atoms. The highest BCUT2D eigenvalue weighted by Crippen LogP contribution is 2.38. The molecule has 0 atom stereocenters. The molecule has 0 amide bonds. The van der Waals surface area contributed by atoms with Gasteiger partial charge in [0.05, 0.1) is 5.41 Å². The lowest BCUT2D eigenvalue weighted by molar-refractivity contribution is -0.401. The number of nitrogens with zero attached hydrogens (tertiary/aromatic N) is 1. The predicted octanol–water partition coefficient (Wildman–Crippen LogP) is 4.96. The first-order chi connectivity index (χ1) is 10.6. The van der Waals surface area contributed by atoms with Gasteiger partial charge in [-0.1, -0.05) is 66.8 Å². The Balaban J connectivity index is 1.85. The smallest absolute Gasteiger partial charge is 0.198 e. The van der Waals surface area contributed by atoms with Crippen molar-refractivity contribution in [3.05, 3.63) is 84.0 Å². The molecular weight excluding hydrogens is 266 g/mol. The number of hydrogen-bond acceptors (Lipinski definition) is 0. The number of benzene rings is 2. The van der Waals surface area contributed by atoms with E-state index in [9.17, 15) is 0 Å². The summed E-state index contributed by atoms with van der Waals surface area (Å²) in [5, 5.41) is 0. The number of rotatable bonds is 3. The average molecular weight is 288 g/mol. The molecule has 1 nitrogen and oxygen atoms in total. The van der Waals surface area contributed by atoms with Crippen LogP contribution in [0.25, 0.3) is 6.08 Å². The van der Waals surface area contributed by atoms with Crippen LogP contribution in [0.4, 0.5) is 5.69 Å². The van der Waals surface area contributed by atoms with Crippen LogP contribution in [0.3, 0.4) is 0 Å². The van der Waals surface area contributed by atoms with Crippen molar-refractivity contribution in [3.63, 3.8) is 0 Å². The molecule has 0 spiro atoms. The monoisotopic (exact) mass is 288 g/mol. The van der Waals surface area contributed by atoms with E-state index in [0.29, 0.717) is 0 Å². The topological polar surface area (TPSA) is 3.01 Å². The highest BCUT2D eigenvalue weighted by Gasteiger charge is 2.42. The third kappa shape index (κ3) is 2.55. The van der Waals surface area contributed by atoms with Gasteiger partial charge in [0, 0.05) is 17.7 Å². The Kier molecular flexibility index (Phi) is 3.81. The van der Waals surface area contributed by atoms with Gasteiger partial charge in [-0.25, -0.2) is 0 Å². The first-order valence-corrected chi connectivity index (χ1v) is 7.71. The van der Waals surface area contributed by atoms with E-state index in [1.807, 2.05) is 6.07 Å². The Bertz CT molecular complexity index is 762. The Morgan fingerprint density at radius 2 is 1.45 bits per heavy atom. The van der Waals surface area contributed by atoms with Gasteiger partial charge >= 0.3 is 0 Å². The zero-order chi connectivity index (χ0) is 15.6. The maximum atomic E-state index is 2.29. The molecule has 1 heterocycles. The zero-order valence-electron chi connectivity index (χ0n) is 13.5. The van der Waals surface area contributed by atoms with Crippen LogP contribution >= 0.6 is 0 Å². The van der Waals surface area contributed by atoms with Gasteiger partial charge in [-0.3, -0.25) is 0 Å². The first kappa shape index (κ1) is 14.5. The fraction of sp³-hybridized carbons (Fsp3) is 0.190. The second kappa shape index (κ2) is 5.76. The maximum Gasteiger partial charge on any atom is 0.209 e. The third-order valence-corrected chi connectivity index (χ3v) is 4.39. The van der Waals surface area contributed by atoms with E-state index in [1.165, 1.54) is 22.5 Å². The molecule has 0 aliphatic carbocycles. The van der Waals surface area contributed by atoms with Crippen LogP contribution in [0, 0.1) is 0 Å². The number of allylic oxidation sites excluding steroid dienone is 3. The van der Waals surface area contributed by atoms with Gasteiger partial charge in [0.15, 0.2) is 5.71 Å². The van der Waals surface area contributed by atoms with Gasteiger partial charge in [0.25, 0.3) is 0 Å². The molecule has 0 aromatic heterocycles. The Labute approximate surface area is 132 Å². The average Bonchev–Trinajstić information content (AvgIpc) is 2.73. The minimum absolute atomic E-state index is 0.0441. The Morgan fingerprint density at radius 1 is 0.818 bits per heavy atom. The van der Waals surface area contributed by atoms with Crippen LogP contribution in [0.15, 0.2) is 72.8 Å². The lowest BCUT2D eigenvalue weighted by atomic mass is 9.81. The van der Waals surface area contributed by atoms with Crippen LogP contribution in [-0.2, 0) is 5.41 Å². The molecule has 3 rings (SSSR count). The van der Waals surface area contributed by atoms with Crippen molar-refractivity contribution in [1.82, 2.24) is 0 Å². The molecule has 1 heteroatoms. The number of hydrogen-bond donors (Lipinski definition) is 0. The van der Waals surface area contributed by atoms with Gasteiger partial charge in [-0.05, 0) is 19.4 Å². The Hall–Kier alpha value is -2.41. The molecule has 2 aromatic rings. The van der Waals surface area contributed by atoms with E-state index >= 15 is 0 Å². The molecule has 1 aliphatic heterocycles. The fourth-order valence-corrected chi connectivity index (χ4v) is 3.18. The summed E-state index contributed by atoms with van der Waals surface area (Å²) in [4.78, 5) is 0. The number of fused-ring (bicyclic) bond motifs is 1. The van der Waals surface area contributed by atoms with Gasteiger partial charge in [-0.2, -0.15) is 4.58 Å². The quantitative estimate of drug-likeness (QED) is 0.554. The first-order valence-electron chi connectivity index (χ1n) is 7.71. The summed E-state index contributed by atoms with van der Waals surface area (Å²) in [5.74, 6) is 0. The summed E-state index contributed by atoms with van der Waals surface area (Å²) < 4.78 is 2.29. The normalized spacial score (nSPS) is 16.7. The van der Waals surface area contributed by atoms with E-state index in [0.717, 1.165) is 0 Å². The molecule has 0 saturated carbocycles. The summed E-state index contributed by atoms with van der Waals surface area (Å²) in [5.41, 5.74) is 5.29. The van der Waals surface area contributed by atoms with E-state index in [1.54, 1.807) is 0 Å². The van der Waals surface area contributed by atoms with Crippen molar-refractivity contribution < 1.29 is 4.58 Å². The van der Waals surface area contributed by atoms with Gasteiger partial charge in [0.2, 0.25) is 5.69 Å². The summed E-state index contributed by atoms with van der Waals surface area (Å²) in [6.07, 6.45) is 8.59. The molecular formula is C21H22N+. The number of para-hydroxylation sites is 1. The standard InChI is InChI=1S/C21H22N/c1-21(2)18-14-8-9-15-19(18)22(3)20(21)16-10-7-13-17-11-5-4-6-12-17/h4-16H,1-3H3/q+1/b13-7-,16-10+. The second-order valence-corrected chi connectivity index (χ2v) is 6.22. The van der Waals surface area contributed by atoms with Crippen molar-refractivity contribution in [3.8, 4) is 0 Å². The fourth-order valence-electron chi connectivity index (χ4n) is 3.18. The van der Waals surface area contributed by atoms with Crippen molar-refractivity contribution in [2.24, 2.45) is 0 Å². The van der Waals surface area contributed by atoms with Gasteiger partial charge in [0.1, 0.15) is 7.05 Å². The maximum absolute atomic E-state index is 2.29. The van der Waals surface area contributed by atoms with E-state index in [2.05, 4.69) is 98.3 Å². The minimum atomic E-state index is 0.0441. The molecule has 0 unspecified atom stereocenters. The van der Waals surface area contributed by atoms with Crippen LogP contribution in [0.1, 0.15) is 25.0 Å². The molecule has 0 fully saturated rings. The van der Waals surface area contributed by atoms with Crippen molar-refractivity contribution in [2.45, 2.75) is 19.3 Å². The molecule has 0 radical (unpaired) electrons. The SMILES string of the molecule is C[N+]1=C(/C=C/C=C\c2ccccc2)C(C)(C)c2ccccc21. The molecule has 2 aromatic carbocycles. The molecule has 0 N–H and O–H groups in total. The lowest BCUT2D eigenvalue weighted by Gasteiger charge is -2.14. The van der Waals surface area contributed by atoms with E-state index < -0.39 is 0 Å². The van der Waals surface area contributed by atoms with Gasteiger partial charge in [-0.15, -0.1) is 0 Å². The van der Waals surface area contributed by atoms with Crippen LogP contribution in [-0.4, -0.2) is 17.3 Å². The largest absolute Gasteiger partial charge is 0.209 e. The predicted molar refractivity (Wildman–Crippen MR) is 94.9 cm³/mol. The van der Waals surface area contributed by atoms with E-state index in [-0.39, 0.29) is 5.41 Å². The van der Waals surface area contributed by atoms with E-state index in [4.69, 9.17) is 0 Å². The zero-order valence-corrected chi connectivity index (χ0v) is 13.5. The van der Waals surface area contributed by atoms with Crippen molar-refractivity contribution in [1.29, 1.82) is 0 Å². The Morgan fingerprint density at radius 3 is 2.18 bits per heavy atom. The van der Waals surface area contributed by atoms with Crippen LogP contribution in [0.5, 0.6) is 0 Å². The highest BCUT2D eigenvalue weighted by atomic mass is 15.0. The molecule has 22 heavy (non-hydrogen) atoms. The third-order valence-electron chi connectivity index (χ3n) is 4.39. The summed E-state index contributed by atoms with van der Waals surface area (Å²) in [6.45, 7) is 4.58. The van der Waals surface area contributed by atoms with Crippen molar-refractivity contribution >= 4 is 17.5 Å². The lowest BCUT2D eigenvalue weighted by Crippen LogP contribution is -2.26. The summed E-state index contributed by atoms with van der Waals surface area (Å²) >= 11 is 0. The second-order valence-electron chi connectivity index (χ2n) is 6.22. The minimum Gasteiger partial charge on any atom is -0.198 e. The van der Waals surface area contributed by atoms with Crippen LogP contribution < -0.4 is 0 Å². The molecule has 1 aliphatic rings. The molecule has 0 saturated heterocycles. The summed E-state index contributed by atoms with van der Waals surface area (Å²) in [7, 11) is 2.15. The summed E-state index contributed by atoms with van der Waals surface area (Å²) in [6, 6.07) is 19.0. The highest BCUT2D eigenvalue weighted by molar-refractivity contribution is 6.03. The van der Waals surface area contributed by atoms with Crippen molar-refractivity contribution in [2.75, 3.05) is 7.05 Å².